The van der Waals surface area contributed by atoms with Gasteiger partial charge in [0.2, 0.25) is 0 Å². The van der Waals surface area contributed by atoms with Crippen LogP contribution in [-0.4, -0.2) is 28.5 Å². The zero-order chi connectivity index (χ0) is 14.2. The number of ether oxygens (including phenoxy) is 2. The monoisotopic (exact) mass is 279 g/mol. The van der Waals surface area contributed by atoms with Crippen LogP contribution < -0.4 is 0 Å². The molecule has 1 saturated heterocycles. The van der Waals surface area contributed by atoms with Gasteiger partial charge in [-0.3, -0.25) is 10.1 Å². The molecule has 1 N–H and O–H groups in total. The molecule has 3 rings (SSSR count). The molecule has 108 valence electrons. The van der Waals surface area contributed by atoms with Crippen molar-refractivity contribution in [2.75, 3.05) is 6.61 Å². The summed E-state index contributed by atoms with van der Waals surface area (Å²) >= 11 is 0. The standard InChI is InChI=1S/C14H17NO5/c16-9-12-13(20-14(19-12)7-3-4-8-14)10-5-1-2-6-11(10)15(17)18/h1-2,5-6,12-13,16H,3-4,7-9H2. The van der Waals surface area contributed by atoms with E-state index in [9.17, 15) is 15.2 Å². The normalized spacial score (nSPS) is 28.1. The first-order valence-electron chi connectivity index (χ1n) is 6.85. The maximum Gasteiger partial charge on any atom is 0.275 e. The van der Waals surface area contributed by atoms with Crippen molar-refractivity contribution in [2.45, 2.75) is 43.7 Å². The highest BCUT2D eigenvalue weighted by Crippen LogP contribution is 2.48. The van der Waals surface area contributed by atoms with Crippen LogP contribution in [0.15, 0.2) is 24.3 Å². The summed E-state index contributed by atoms with van der Waals surface area (Å²) in [5, 5.41) is 20.6. The largest absolute Gasteiger partial charge is 0.394 e. The lowest BCUT2D eigenvalue weighted by Crippen LogP contribution is -2.27. The average molecular weight is 279 g/mol. The van der Waals surface area contributed by atoms with Gasteiger partial charge < -0.3 is 14.6 Å². The molecule has 2 atom stereocenters. The molecule has 0 aromatic heterocycles. The summed E-state index contributed by atoms with van der Waals surface area (Å²) in [6, 6.07) is 6.48. The first kappa shape index (κ1) is 13.5. The molecule has 1 heterocycles. The molecule has 0 amide bonds. The van der Waals surface area contributed by atoms with Crippen molar-refractivity contribution in [2.24, 2.45) is 0 Å². The minimum Gasteiger partial charge on any atom is -0.394 e. The van der Waals surface area contributed by atoms with Crippen LogP contribution in [0.3, 0.4) is 0 Å². The lowest BCUT2D eigenvalue weighted by Gasteiger charge is -2.21. The third-order valence-electron chi connectivity index (χ3n) is 4.03. The molecule has 1 aliphatic carbocycles. The number of benzene rings is 1. The van der Waals surface area contributed by atoms with E-state index in [1.165, 1.54) is 6.07 Å². The first-order valence-corrected chi connectivity index (χ1v) is 6.85. The topological polar surface area (TPSA) is 81.8 Å². The van der Waals surface area contributed by atoms with Crippen LogP contribution >= 0.6 is 0 Å². The number of aliphatic hydroxyl groups is 1. The van der Waals surface area contributed by atoms with Crippen LogP contribution in [0.4, 0.5) is 5.69 Å². The van der Waals surface area contributed by atoms with Gasteiger partial charge in [0.25, 0.3) is 5.69 Å². The molecule has 1 spiro atoms. The Morgan fingerprint density at radius 2 is 2.00 bits per heavy atom. The van der Waals surface area contributed by atoms with Crippen molar-refractivity contribution in [1.29, 1.82) is 0 Å². The quantitative estimate of drug-likeness (QED) is 0.678. The first-order chi connectivity index (χ1) is 9.65. The summed E-state index contributed by atoms with van der Waals surface area (Å²) in [5.41, 5.74) is 0.481. The molecule has 2 fully saturated rings. The zero-order valence-electron chi connectivity index (χ0n) is 11.0. The van der Waals surface area contributed by atoms with E-state index < -0.39 is 22.9 Å². The van der Waals surface area contributed by atoms with Gasteiger partial charge in [-0.05, 0) is 18.9 Å². The van der Waals surface area contributed by atoms with Gasteiger partial charge in [0.1, 0.15) is 12.2 Å². The van der Waals surface area contributed by atoms with Gasteiger partial charge in [-0.2, -0.15) is 0 Å². The van der Waals surface area contributed by atoms with E-state index in [-0.39, 0.29) is 12.3 Å². The Morgan fingerprint density at radius 3 is 2.65 bits per heavy atom. The number of rotatable bonds is 3. The fraction of sp³-hybridized carbons (Fsp3) is 0.571. The molecule has 1 aromatic carbocycles. The maximum atomic E-state index is 11.1. The average Bonchev–Trinajstić information content (AvgIpc) is 3.06. The van der Waals surface area contributed by atoms with Gasteiger partial charge in [0.15, 0.2) is 5.79 Å². The minimum atomic E-state index is -0.665. The molecule has 2 unspecified atom stereocenters. The summed E-state index contributed by atoms with van der Waals surface area (Å²) in [6.07, 6.45) is 2.46. The van der Waals surface area contributed by atoms with E-state index in [0.29, 0.717) is 5.56 Å². The lowest BCUT2D eigenvalue weighted by molar-refractivity contribution is -0.386. The molecular formula is C14H17NO5. The Hall–Kier alpha value is -1.50. The minimum absolute atomic E-state index is 0.00889. The van der Waals surface area contributed by atoms with E-state index in [2.05, 4.69) is 0 Å². The highest BCUT2D eigenvalue weighted by Gasteiger charge is 2.50. The maximum absolute atomic E-state index is 11.1. The Balaban J connectivity index is 1.94. The van der Waals surface area contributed by atoms with Crippen molar-refractivity contribution in [3.05, 3.63) is 39.9 Å². The van der Waals surface area contributed by atoms with E-state index in [1.807, 2.05) is 0 Å². The molecule has 2 aliphatic rings. The molecule has 1 aromatic rings. The fourth-order valence-electron chi connectivity index (χ4n) is 3.11. The number of nitro groups is 1. The molecule has 20 heavy (non-hydrogen) atoms. The van der Waals surface area contributed by atoms with Gasteiger partial charge in [0.05, 0.1) is 17.1 Å². The van der Waals surface area contributed by atoms with Crippen molar-refractivity contribution in [3.63, 3.8) is 0 Å². The van der Waals surface area contributed by atoms with Crippen molar-refractivity contribution in [3.8, 4) is 0 Å². The SMILES string of the molecule is O=[N+]([O-])c1ccccc1C1OC2(CCCC2)OC1CO. The van der Waals surface area contributed by atoms with Crippen LogP contribution in [0.1, 0.15) is 37.4 Å². The number of aliphatic hydroxyl groups excluding tert-OH is 1. The van der Waals surface area contributed by atoms with Crippen LogP contribution in [0, 0.1) is 10.1 Å². The molecule has 0 bridgehead atoms. The number of hydrogen-bond acceptors (Lipinski definition) is 5. The van der Waals surface area contributed by atoms with Crippen LogP contribution in [0.25, 0.3) is 0 Å². The van der Waals surface area contributed by atoms with Crippen molar-refractivity contribution >= 4 is 5.69 Å². The number of hydrogen-bond donors (Lipinski definition) is 1. The molecule has 1 aliphatic heterocycles. The van der Waals surface area contributed by atoms with Crippen LogP contribution in [0.2, 0.25) is 0 Å². The summed E-state index contributed by atoms with van der Waals surface area (Å²) in [6.45, 7) is -0.210. The van der Waals surface area contributed by atoms with E-state index in [0.717, 1.165) is 25.7 Å². The Kier molecular flexibility index (Phi) is 3.45. The fourth-order valence-corrected chi connectivity index (χ4v) is 3.11. The van der Waals surface area contributed by atoms with Crippen LogP contribution in [0.5, 0.6) is 0 Å². The number of nitro benzene ring substituents is 1. The van der Waals surface area contributed by atoms with Crippen molar-refractivity contribution < 1.29 is 19.5 Å². The summed E-state index contributed by atoms with van der Waals surface area (Å²) in [7, 11) is 0. The van der Waals surface area contributed by atoms with E-state index in [1.54, 1.807) is 18.2 Å². The van der Waals surface area contributed by atoms with Gasteiger partial charge in [0, 0.05) is 18.9 Å². The third kappa shape index (κ3) is 2.19. The highest BCUT2D eigenvalue weighted by atomic mass is 16.8. The predicted molar refractivity (Wildman–Crippen MR) is 70.1 cm³/mol. The smallest absolute Gasteiger partial charge is 0.275 e. The van der Waals surface area contributed by atoms with E-state index >= 15 is 0 Å². The van der Waals surface area contributed by atoms with Gasteiger partial charge in [-0.15, -0.1) is 0 Å². The summed E-state index contributed by atoms with van der Waals surface area (Å²) in [4.78, 5) is 10.7. The summed E-state index contributed by atoms with van der Waals surface area (Å²) < 4.78 is 11.9. The molecular weight excluding hydrogens is 262 g/mol. The Morgan fingerprint density at radius 1 is 1.30 bits per heavy atom. The number of para-hydroxylation sites is 1. The third-order valence-corrected chi connectivity index (χ3v) is 4.03. The Bertz CT molecular complexity index is 512. The zero-order valence-corrected chi connectivity index (χ0v) is 11.0. The van der Waals surface area contributed by atoms with Crippen molar-refractivity contribution in [1.82, 2.24) is 0 Å². The van der Waals surface area contributed by atoms with E-state index in [4.69, 9.17) is 9.47 Å². The van der Waals surface area contributed by atoms with Crippen LogP contribution in [-0.2, 0) is 9.47 Å². The molecule has 6 heteroatoms. The second-order valence-electron chi connectivity index (χ2n) is 5.31. The molecule has 6 nitrogen and oxygen atoms in total. The second kappa shape index (κ2) is 5.12. The van der Waals surface area contributed by atoms with Gasteiger partial charge in [-0.25, -0.2) is 0 Å². The number of nitrogens with zero attached hydrogens (tertiary/aromatic N) is 1. The lowest BCUT2D eigenvalue weighted by atomic mass is 10.0. The van der Waals surface area contributed by atoms with Gasteiger partial charge in [-0.1, -0.05) is 12.1 Å². The summed E-state index contributed by atoms with van der Waals surface area (Å²) in [5.74, 6) is -0.665. The molecule has 1 saturated carbocycles. The van der Waals surface area contributed by atoms with Gasteiger partial charge >= 0.3 is 0 Å². The second-order valence-corrected chi connectivity index (χ2v) is 5.31. The predicted octanol–water partition coefficient (Wildman–Crippen LogP) is 2.31. The highest BCUT2D eigenvalue weighted by molar-refractivity contribution is 5.42. The Labute approximate surface area is 116 Å². The molecule has 0 radical (unpaired) electrons.